The van der Waals surface area contributed by atoms with E-state index < -0.39 is 5.41 Å². The number of oxime groups is 1. The zero-order valence-corrected chi connectivity index (χ0v) is 11.3. The van der Waals surface area contributed by atoms with Gasteiger partial charge in [0.05, 0.1) is 0 Å². The van der Waals surface area contributed by atoms with Crippen LogP contribution in [-0.2, 0) is 4.79 Å². The molecule has 0 saturated carbocycles. The minimum atomic E-state index is -0.411. The molecule has 0 spiro atoms. The summed E-state index contributed by atoms with van der Waals surface area (Å²) < 4.78 is 0. The summed E-state index contributed by atoms with van der Waals surface area (Å²) in [4.78, 5) is 16.1. The first-order chi connectivity index (χ1) is 7.90. The molecule has 1 heterocycles. The molecule has 1 aromatic heterocycles. The Labute approximate surface area is 105 Å². The van der Waals surface area contributed by atoms with Crippen LogP contribution >= 0.6 is 11.3 Å². The Kier molecular flexibility index (Phi) is 4.22. The fourth-order valence-electron chi connectivity index (χ4n) is 0.975. The van der Waals surface area contributed by atoms with E-state index in [9.17, 15) is 4.79 Å². The van der Waals surface area contributed by atoms with Crippen molar-refractivity contribution in [2.45, 2.75) is 34.1 Å². The summed E-state index contributed by atoms with van der Waals surface area (Å²) >= 11 is 1.31. The van der Waals surface area contributed by atoms with Gasteiger partial charge in [-0.1, -0.05) is 25.9 Å². The Balaban J connectivity index is 2.77. The van der Waals surface area contributed by atoms with Crippen molar-refractivity contribution in [1.82, 2.24) is 4.98 Å². The van der Waals surface area contributed by atoms with Crippen molar-refractivity contribution in [1.29, 1.82) is 0 Å². The van der Waals surface area contributed by atoms with E-state index in [0.29, 0.717) is 16.5 Å². The van der Waals surface area contributed by atoms with Gasteiger partial charge in [-0.15, -0.1) is 11.3 Å². The number of hydrogen-bond donors (Lipinski definition) is 2. The average molecular weight is 255 g/mol. The van der Waals surface area contributed by atoms with Gasteiger partial charge < -0.3 is 10.5 Å². The fourth-order valence-corrected chi connectivity index (χ4v) is 1.72. The van der Waals surface area contributed by atoms with Crippen LogP contribution in [0, 0.1) is 5.41 Å². The van der Waals surface area contributed by atoms with Gasteiger partial charge in [0.15, 0.2) is 5.13 Å². The summed E-state index contributed by atoms with van der Waals surface area (Å²) in [6.45, 7) is 7.39. The molecule has 0 fully saturated rings. The molecule has 0 aliphatic heterocycles. The summed E-state index contributed by atoms with van der Waals surface area (Å²) in [5.74, 6) is -0.0560. The summed E-state index contributed by atoms with van der Waals surface area (Å²) in [7, 11) is 0. The molecule has 0 atom stereocenters. The van der Waals surface area contributed by atoms with Gasteiger partial charge in [-0.25, -0.2) is 4.98 Å². The minimum Gasteiger partial charge on any atom is -0.411 e. The minimum absolute atomic E-state index is 0.0560. The van der Waals surface area contributed by atoms with Crippen LogP contribution in [0.3, 0.4) is 0 Å². The number of nitrogens with one attached hydrogen (secondary N) is 1. The van der Waals surface area contributed by atoms with Crippen molar-refractivity contribution in [3.63, 3.8) is 0 Å². The summed E-state index contributed by atoms with van der Waals surface area (Å²) in [6.07, 6.45) is 0.758. The third-order valence-corrected chi connectivity index (χ3v) is 3.50. The van der Waals surface area contributed by atoms with Crippen molar-refractivity contribution < 1.29 is 10.0 Å². The summed E-state index contributed by atoms with van der Waals surface area (Å²) in [5.41, 5.74) is 0.588. The maximum Gasteiger partial charge on any atom is 0.231 e. The second-order valence-electron chi connectivity index (χ2n) is 4.41. The molecule has 0 bridgehead atoms. The van der Waals surface area contributed by atoms with Gasteiger partial charge in [0.1, 0.15) is 11.4 Å². The number of aromatic nitrogens is 1. The molecule has 17 heavy (non-hydrogen) atoms. The van der Waals surface area contributed by atoms with Gasteiger partial charge in [-0.3, -0.25) is 4.79 Å². The molecular weight excluding hydrogens is 238 g/mol. The lowest BCUT2D eigenvalue weighted by Gasteiger charge is -2.20. The van der Waals surface area contributed by atoms with E-state index >= 15 is 0 Å². The van der Waals surface area contributed by atoms with Crippen molar-refractivity contribution in [3.8, 4) is 0 Å². The molecule has 1 rings (SSSR count). The third kappa shape index (κ3) is 3.26. The molecule has 0 aromatic carbocycles. The van der Waals surface area contributed by atoms with Gasteiger partial charge in [0.2, 0.25) is 5.91 Å². The molecule has 0 unspecified atom stereocenters. The molecule has 6 heteroatoms. The number of nitrogens with zero attached hydrogens (tertiary/aromatic N) is 2. The quantitative estimate of drug-likeness (QED) is 0.493. The molecule has 2 N–H and O–H groups in total. The van der Waals surface area contributed by atoms with Crippen LogP contribution in [0.5, 0.6) is 0 Å². The lowest BCUT2D eigenvalue weighted by molar-refractivity contribution is -0.124. The standard InChI is InChI=1S/C11H17N3O2S/c1-5-11(3,4)9(15)13-10-12-8(6-17-10)7(2)14-16/h6,16H,5H2,1-4H3,(H,12,13,15). The maximum atomic E-state index is 11.9. The van der Waals surface area contributed by atoms with E-state index in [1.54, 1.807) is 12.3 Å². The molecule has 94 valence electrons. The van der Waals surface area contributed by atoms with Crippen molar-refractivity contribution >= 4 is 28.1 Å². The van der Waals surface area contributed by atoms with Crippen molar-refractivity contribution in [2.24, 2.45) is 10.6 Å². The molecule has 1 aromatic rings. The van der Waals surface area contributed by atoms with E-state index in [2.05, 4.69) is 15.5 Å². The van der Waals surface area contributed by atoms with Crippen LogP contribution in [0.2, 0.25) is 0 Å². The topological polar surface area (TPSA) is 74.6 Å². The Bertz CT molecular complexity index is 438. The summed E-state index contributed by atoms with van der Waals surface area (Å²) in [5, 5.41) is 16.7. The number of rotatable bonds is 4. The molecule has 1 amide bonds. The second kappa shape index (κ2) is 5.27. The van der Waals surface area contributed by atoms with E-state index in [0.717, 1.165) is 6.42 Å². The zero-order chi connectivity index (χ0) is 13.1. The Hall–Kier alpha value is -1.43. The molecule has 0 aliphatic carbocycles. The molecule has 5 nitrogen and oxygen atoms in total. The monoisotopic (exact) mass is 255 g/mol. The lowest BCUT2D eigenvalue weighted by Crippen LogP contribution is -2.29. The maximum absolute atomic E-state index is 11.9. The third-order valence-electron chi connectivity index (χ3n) is 2.74. The Morgan fingerprint density at radius 2 is 2.29 bits per heavy atom. The van der Waals surface area contributed by atoms with Crippen LogP contribution in [0.25, 0.3) is 0 Å². The first-order valence-corrected chi connectivity index (χ1v) is 6.24. The number of hydrogen-bond acceptors (Lipinski definition) is 5. The normalized spacial score (nSPS) is 12.6. The Morgan fingerprint density at radius 3 is 2.82 bits per heavy atom. The smallest absolute Gasteiger partial charge is 0.231 e. The van der Waals surface area contributed by atoms with Gasteiger partial charge in [-0.2, -0.15) is 0 Å². The highest BCUT2D eigenvalue weighted by Gasteiger charge is 2.26. The van der Waals surface area contributed by atoms with Crippen LogP contribution in [0.1, 0.15) is 39.8 Å². The first kappa shape index (κ1) is 13.6. The van der Waals surface area contributed by atoms with E-state index in [-0.39, 0.29) is 5.91 Å². The zero-order valence-electron chi connectivity index (χ0n) is 10.4. The lowest BCUT2D eigenvalue weighted by atomic mass is 9.89. The van der Waals surface area contributed by atoms with Crippen LogP contribution in [-0.4, -0.2) is 21.8 Å². The highest BCUT2D eigenvalue weighted by atomic mass is 32.1. The summed E-state index contributed by atoms with van der Waals surface area (Å²) in [6, 6.07) is 0. The average Bonchev–Trinajstić information content (AvgIpc) is 2.76. The Morgan fingerprint density at radius 1 is 1.65 bits per heavy atom. The van der Waals surface area contributed by atoms with Crippen LogP contribution < -0.4 is 5.32 Å². The number of amides is 1. The second-order valence-corrected chi connectivity index (χ2v) is 5.27. The van der Waals surface area contributed by atoms with Gasteiger partial charge in [-0.05, 0) is 13.3 Å². The van der Waals surface area contributed by atoms with Crippen molar-refractivity contribution in [3.05, 3.63) is 11.1 Å². The first-order valence-electron chi connectivity index (χ1n) is 5.36. The molecular formula is C11H17N3O2S. The highest BCUT2D eigenvalue weighted by Crippen LogP contribution is 2.24. The van der Waals surface area contributed by atoms with Crippen molar-refractivity contribution in [2.75, 3.05) is 5.32 Å². The number of thiazole rings is 1. The van der Waals surface area contributed by atoms with E-state index in [4.69, 9.17) is 5.21 Å². The van der Waals surface area contributed by atoms with Crippen LogP contribution in [0.15, 0.2) is 10.5 Å². The molecule has 0 saturated heterocycles. The largest absolute Gasteiger partial charge is 0.411 e. The number of carbonyl (C=O) groups is 1. The van der Waals surface area contributed by atoms with Gasteiger partial charge in [0, 0.05) is 10.8 Å². The SMILES string of the molecule is CCC(C)(C)C(=O)Nc1nc(C(C)=NO)cs1. The predicted octanol–water partition coefficient (Wildman–Crippen LogP) is 2.72. The van der Waals surface area contributed by atoms with E-state index in [1.807, 2.05) is 20.8 Å². The fraction of sp³-hybridized carbons (Fsp3) is 0.545. The number of anilines is 1. The molecule has 0 radical (unpaired) electrons. The van der Waals surface area contributed by atoms with E-state index in [1.165, 1.54) is 11.3 Å². The van der Waals surface area contributed by atoms with Gasteiger partial charge in [0.25, 0.3) is 0 Å². The highest BCUT2D eigenvalue weighted by molar-refractivity contribution is 7.14. The van der Waals surface area contributed by atoms with Gasteiger partial charge >= 0.3 is 0 Å². The number of carbonyl (C=O) groups excluding carboxylic acids is 1. The van der Waals surface area contributed by atoms with Crippen LogP contribution in [0.4, 0.5) is 5.13 Å². The predicted molar refractivity (Wildman–Crippen MR) is 68.8 cm³/mol. The molecule has 0 aliphatic rings.